The first kappa shape index (κ1) is 13.9. The van der Waals surface area contributed by atoms with E-state index in [-0.39, 0.29) is 12.7 Å². The number of aliphatic hydroxyl groups is 1. The Balaban J connectivity index is 2.09. The molecule has 1 fully saturated rings. The van der Waals surface area contributed by atoms with E-state index in [0.29, 0.717) is 13.2 Å². The Hall–Kier alpha value is -1.54. The minimum absolute atomic E-state index is 0.150. The maximum atomic E-state index is 8.78. The van der Waals surface area contributed by atoms with E-state index in [1.165, 1.54) is 0 Å². The number of benzene rings is 1. The zero-order valence-corrected chi connectivity index (χ0v) is 11.0. The van der Waals surface area contributed by atoms with Gasteiger partial charge in [0, 0.05) is 12.2 Å². The Morgan fingerprint density at radius 3 is 3.05 bits per heavy atom. The fourth-order valence-electron chi connectivity index (χ4n) is 1.93. The number of hydrogen-bond donors (Lipinski definition) is 1. The van der Waals surface area contributed by atoms with Crippen LogP contribution in [-0.2, 0) is 16.1 Å². The highest BCUT2D eigenvalue weighted by Gasteiger charge is 2.16. The summed E-state index contributed by atoms with van der Waals surface area (Å²) < 4.78 is 16.3. The Bertz CT molecular complexity index is 467. The van der Waals surface area contributed by atoms with Crippen LogP contribution in [0.15, 0.2) is 18.2 Å². The quantitative estimate of drug-likeness (QED) is 0.832. The van der Waals surface area contributed by atoms with E-state index in [0.717, 1.165) is 29.9 Å². The highest BCUT2D eigenvalue weighted by Crippen LogP contribution is 2.19. The molecule has 4 nitrogen and oxygen atoms in total. The van der Waals surface area contributed by atoms with E-state index in [4.69, 9.17) is 19.3 Å². The lowest BCUT2D eigenvalue weighted by atomic mass is 10.1. The van der Waals surface area contributed by atoms with Gasteiger partial charge in [0.1, 0.15) is 12.4 Å². The van der Waals surface area contributed by atoms with Gasteiger partial charge < -0.3 is 19.3 Å². The Kier molecular flexibility index (Phi) is 5.22. The summed E-state index contributed by atoms with van der Waals surface area (Å²) in [6.45, 7) is 1.74. The minimum Gasteiger partial charge on any atom is -0.497 e. The fraction of sp³-hybridized carbons (Fsp3) is 0.467. The van der Waals surface area contributed by atoms with Crippen molar-refractivity contribution in [3.63, 3.8) is 0 Å². The van der Waals surface area contributed by atoms with Gasteiger partial charge in [-0.2, -0.15) is 0 Å². The molecule has 0 radical (unpaired) electrons. The third kappa shape index (κ3) is 3.97. The van der Waals surface area contributed by atoms with E-state index < -0.39 is 0 Å². The Morgan fingerprint density at radius 1 is 1.47 bits per heavy atom. The number of rotatable bonds is 4. The van der Waals surface area contributed by atoms with Gasteiger partial charge in [0.05, 0.1) is 26.4 Å². The van der Waals surface area contributed by atoms with Crippen molar-refractivity contribution in [3.8, 4) is 17.6 Å². The lowest BCUT2D eigenvalue weighted by Gasteiger charge is -2.12. The largest absolute Gasteiger partial charge is 0.497 e. The van der Waals surface area contributed by atoms with Crippen molar-refractivity contribution >= 4 is 0 Å². The van der Waals surface area contributed by atoms with Gasteiger partial charge in [-0.3, -0.25) is 0 Å². The highest BCUT2D eigenvalue weighted by atomic mass is 16.5. The van der Waals surface area contributed by atoms with Crippen LogP contribution in [-0.4, -0.2) is 38.1 Å². The molecule has 1 aromatic rings. The van der Waals surface area contributed by atoms with Crippen LogP contribution in [0.2, 0.25) is 0 Å². The predicted octanol–water partition coefficient (Wildman–Crippen LogP) is 1.34. The maximum Gasteiger partial charge on any atom is 0.119 e. The Morgan fingerprint density at radius 2 is 2.37 bits per heavy atom. The summed E-state index contributed by atoms with van der Waals surface area (Å²) in [4.78, 5) is 0. The Labute approximate surface area is 113 Å². The molecule has 0 spiro atoms. The molecule has 1 aromatic carbocycles. The zero-order valence-electron chi connectivity index (χ0n) is 11.0. The van der Waals surface area contributed by atoms with Crippen molar-refractivity contribution in [3.05, 3.63) is 29.3 Å². The van der Waals surface area contributed by atoms with E-state index in [1.54, 1.807) is 7.11 Å². The summed E-state index contributed by atoms with van der Waals surface area (Å²) >= 11 is 0. The second-order valence-corrected chi connectivity index (χ2v) is 4.28. The second-order valence-electron chi connectivity index (χ2n) is 4.28. The average Bonchev–Trinajstić information content (AvgIpc) is 2.96. The van der Waals surface area contributed by atoms with Gasteiger partial charge in [-0.05, 0) is 30.2 Å². The summed E-state index contributed by atoms with van der Waals surface area (Å²) in [6, 6.07) is 5.64. The minimum atomic E-state index is -0.150. The highest BCUT2D eigenvalue weighted by molar-refractivity contribution is 5.45. The average molecular weight is 262 g/mol. The number of aliphatic hydroxyl groups excluding tert-OH is 1. The van der Waals surface area contributed by atoms with Crippen LogP contribution in [0.1, 0.15) is 17.5 Å². The topological polar surface area (TPSA) is 47.9 Å². The smallest absolute Gasteiger partial charge is 0.119 e. The van der Waals surface area contributed by atoms with Gasteiger partial charge in [-0.25, -0.2) is 0 Å². The van der Waals surface area contributed by atoms with Crippen LogP contribution < -0.4 is 4.74 Å². The van der Waals surface area contributed by atoms with Crippen molar-refractivity contribution < 1.29 is 19.3 Å². The van der Waals surface area contributed by atoms with Gasteiger partial charge in [-0.15, -0.1) is 0 Å². The molecule has 0 bridgehead atoms. The fourth-order valence-corrected chi connectivity index (χ4v) is 1.93. The van der Waals surface area contributed by atoms with Gasteiger partial charge in [0.15, 0.2) is 0 Å². The van der Waals surface area contributed by atoms with Crippen LogP contribution in [0.4, 0.5) is 0 Å². The molecule has 0 aromatic heterocycles. The molecular weight excluding hydrogens is 244 g/mol. The molecular formula is C15H18O4. The summed E-state index contributed by atoms with van der Waals surface area (Å²) in [6.07, 6.45) is 1.09. The standard InChI is InChI=1S/C15H18O4/c1-17-14-5-4-12(3-2-7-16)13(9-14)10-19-15-6-8-18-11-15/h4-5,9,15-16H,6-8,10-11H2,1H3. The van der Waals surface area contributed by atoms with E-state index in [1.807, 2.05) is 18.2 Å². The van der Waals surface area contributed by atoms with Crippen LogP contribution in [0.25, 0.3) is 0 Å². The normalized spacial score (nSPS) is 17.9. The van der Waals surface area contributed by atoms with Gasteiger partial charge in [0.25, 0.3) is 0 Å². The summed E-state index contributed by atoms with van der Waals surface area (Å²) in [5.41, 5.74) is 1.82. The monoisotopic (exact) mass is 262 g/mol. The van der Waals surface area contributed by atoms with Crippen molar-refractivity contribution in [2.24, 2.45) is 0 Å². The van der Waals surface area contributed by atoms with Gasteiger partial charge in [0.2, 0.25) is 0 Å². The van der Waals surface area contributed by atoms with Crippen LogP contribution in [0, 0.1) is 11.8 Å². The molecule has 2 rings (SSSR count). The van der Waals surface area contributed by atoms with E-state index in [2.05, 4.69) is 11.8 Å². The SMILES string of the molecule is COc1ccc(C#CCO)c(COC2CCOC2)c1. The van der Waals surface area contributed by atoms with Crippen LogP contribution in [0.5, 0.6) is 5.75 Å². The molecule has 19 heavy (non-hydrogen) atoms. The third-order valence-electron chi connectivity index (χ3n) is 2.98. The number of ether oxygens (including phenoxy) is 3. The van der Waals surface area contributed by atoms with E-state index in [9.17, 15) is 0 Å². The molecule has 102 valence electrons. The number of hydrogen-bond acceptors (Lipinski definition) is 4. The molecule has 0 amide bonds. The lowest BCUT2D eigenvalue weighted by Crippen LogP contribution is -2.12. The summed E-state index contributed by atoms with van der Waals surface area (Å²) in [5, 5.41) is 8.78. The molecule has 1 unspecified atom stereocenters. The molecule has 4 heteroatoms. The van der Waals surface area contributed by atoms with Crippen molar-refractivity contribution in [1.29, 1.82) is 0 Å². The first-order valence-corrected chi connectivity index (χ1v) is 6.29. The van der Waals surface area contributed by atoms with Crippen molar-refractivity contribution in [2.45, 2.75) is 19.1 Å². The molecule has 1 N–H and O–H groups in total. The third-order valence-corrected chi connectivity index (χ3v) is 2.98. The van der Waals surface area contributed by atoms with Crippen LogP contribution >= 0.6 is 0 Å². The lowest BCUT2D eigenvalue weighted by molar-refractivity contribution is 0.0316. The van der Waals surface area contributed by atoms with Crippen LogP contribution in [0.3, 0.4) is 0 Å². The molecule has 1 aliphatic rings. The van der Waals surface area contributed by atoms with E-state index >= 15 is 0 Å². The molecule has 1 aliphatic heterocycles. The predicted molar refractivity (Wildman–Crippen MR) is 71.0 cm³/mol. The first-order valence-electron chi connectivity index (χ1n) is 6.29. The molecule has 0 aliphatic carbocycles. The molecule has 1 saturated heterocycles. The van der Waals surface area contributed by atoms with Gasteiger partial charge >= 0.3 is 0 Å². The van der Waals surface area contributed by atoms with Crippen molar-refractivity contribution in [1.82, 2.24) is 0 Å². The first-order chi connectivity index (χ1) is 9.33. The number of methoxy groups -OCH3 is 1. The molecule has 0 saturated carbocycles. The summed E-state index contributed by atoms with van der Waals surface area (Å²) in [5.74, 6) is 6.35. The van der Waals surface area contributed by atoms with Crippen molar-refractivity contribution in [2.75, 3.05) is 26.9 Å². The second kappa shape index (κ2) is 7.15. The van der Waals surface area contributed by atoms with Gasteiger partial charge in [-0.1, -0.05) is 11.8 Å². The molecule has 1 atom stereocenters. The maximum absolute atomic E-state index is 8.78. The zero-order chi connectivity index (χ0) is 13.5. The summed E-state index contributed by atoms with van der Waals surface area (Å²) in [7, 11) is 1.63. The molecule has 1 heterocycles.